The molecule has 1 aliphatic carbocycles. The van der Waals surface area contributed by atoms with E-state index >= 15 is 0 Å². The first-order chi connectivity index (χ1) is 7.50. The van der Waals surface area contributed by atoms with E-state index in [-0.39, 0.29) is 24.7 Å². The number of aliphatic carboxylic acids is 1. The van der Waals surface area contributed by atoms with Crippen LogP contribution in [-0.2, 0) is 14.4 Å². The number of nitrogens with one attached hydrogen (secondary N) is 1. The Morgan fingerprint density at radius 2 is 2.00 bits per heavy atom. The predicted octanol–water partition coefficient (Wildman–Crippen LogP) is -0.379. The molecule has 0 aromatic rings. The number of hydrogen-bond acceptors (Lipinski definition) is 3. The van der Waals surface area contributed by atoms with Crippen molar-refractivity contribution in [3.63, 3.8) is 0 Å². The molecule has 16 heavy (non-hydrogen) atoms. The molecule has 0 unspecified atom stereocenters. The highest BCUT2D eigenvalue weighted by Gasteiger charge is 2.29. The summed E-state index contributed by atoms with van der Waals surface area (Å²) >= 11 is 0. The van der Waals surface area contributed by atoms with Crippen LogP contribution in [0, 0.1) is 5.92 Å². The lowest BCUT2D eigenvalue weighted by atomic mass is 9.84. The maximum Gasteiger partial charge on any atom is 0.326 e. The zero-order valence-electron chi connectivity index (χ0n) is 8.94. The van der Waals surface area contributed by atoms with Gasteiger partial charge in [-0.25, -0.2) is 4.79 Å². The molecule has 0 heterocycles. The van der Waals surface area contributed by atoms with Crippen LogP contribution in [0.25, 0.3) is 0 Å². The lowest BCUT2D eigenvalue weighted by Gasteiger charge is -2.25. The quantitative estimate of drug-likeness (QED) is 0.575. The van der Waals surface area contributed by atoms with E-state index in [1.54, 1.807) is 0 Å². The van der Waals surface area contributed by atoms with Crippen LogP contribution >= 0.6 is 0 Å². The normalized spacial score (nSPS) is 17.2. The van der Waals surface area contributed by atoms with Gasteiger partial charge in [0.25, 0.3) is 0 Å². The van der Waals surface area contributed by atoms with Crippen molar-refractivity contribution in [3.05, 3.63) is 0 Å². The second kappa shape index (κ2) is 5.48. The van der Waals surface area contributed by atoms with Gasteiger partial charge in [-0.1, -0.05) is 6.42 Å². The molecule has 0 saturated heterocycles. The standard InChI is InChI=1S/C10H16N2O4/c11-8(13)5-4-7(10(15)16)12-9(14)6-2-1-3-6/h6-7H,1-5H2,(H2,11,13)(H,12,14)(H,15,16)/t7-/m1/s1. The molecule has 1 fully saturated rings. The van der Waals surface area contributed by atoms with Gasteiger partial charge in [0.15, 0.2) is 0 Å². The summed E-state index contributed by atoms with van der Waals surface area (Å²) in [5, 5.41) is 11.3. The Bertz CT molecular complexity index is 299. The van der Waals surface area contributed by atoms with E-state index in [1.165, 1.54) is 0 Å². The summed E-state index contributed by atoms with van der Waals surface area (Å²) in [5.41, 5.74) is 4.92. The molecule has 0 radical (unpaired) electrons. The van der Waals surface area contributed by atoms with Gasteiger partial charge in [-0.3, -0.25) is 9.59 Å². The molecule has 0 aromatic heterocycles. The second-order valence-corrected chi connectivity index (χ2v) is 4.03. The molecule has 1 aliphatic rings. The maximum atomic E-state index is 11.5. The largest absolute Gasteiger partial charge is 0.480 e. The average Bonchev–Trinajstić information content (AvgIpc) is 2.08. The van der Waals surface area contributed by atoms with Gasteiger partial charge in [-0.15, -0.1) is 0 Å². The zero-order valence-corrected chi connectivity index (χ0v) is 8.94. The van der Waals surface area contributed by atoms with Gasteiger partial charge in [0.2, 0.25) is 11.8 Å². The highest BCUT2D eigenvalue weighted by atomic mass is 16.4. The van der Waals surface area contributed by atoms with E-state index in [4.69, 9.17) is 10.8 Å². The van der Waals surface area contributed by atoms with Crippen molar-refractivity contribution in [3.8, 4) is 0 Å². The Morgan fingerprint density at radius 1 is 1.38 bits per heavy atom. The lowest BCUT2D eigenvalue weighted by molar-refractivity contribution is -0.143. The highest BCUT2D eigenvalue weighted by Crippen LogP contribution is 2.26. The summed E-state index contributed by atoms with van der Waals surface area (Å²) in [4.78, 5) is 32.8. The molecule has 0 aliphatic heterocycles. The van der Waals surface area contributed by atoms with Crippen molar-refractivity contribution in [2.75, 3.05) is 0 Å². The van der Waals surface area contributed by atoms with Crippen LogP contribution in [0.4, 0.5) is 0 Å². The zero-order chi connectivity index (χ0) is 12.1. The van der Waals surface area contributed by atoms with E-state index in [0.29, 0.717) is 0 Å². The van der Waals surface area contributed by atoms with Gasteiger partial charge < -0.3 is 16.2 Å². The molecular formula is C10H16N2O4. The molecular weight excluding hydrogens is 212 g/mol. The third kappa shape index (κ3) is 3.52. The summed E-state index contributed by atoms with van der Waals surface area (Å²) in [5.74, 6) is -1.99. The summed E-state index contributed by atoms with van der Waals surface area (Å²) in [6.45, 7) is 0. The molecule has 90 valence electrons. The molecule has 4 N–H and O–H groups in total. The molecule has 0 aromatic carbocycles. The van der Waals surface area contributed by atoms with Crippen LogP contribution in [-0.4, -0.2) is 28.9 Å². The van der Waals surface area contributed by atoms with Crippen LogP contribution < -0.4 is 11.1 Å². The number of rotatable bonds is 6. The van der Waals surface area contributed by atoms with E-state index in [0.717, 1.165) is 19.3 Å². The van der Waals surface area contributed by atoms with Gasteiger partial charge in [-0.05, 0) is 19.3 Å². The summed E-state index contributed by atoms with van der Waals surface area (Å²) in [6.07, 6.45) is 2.64. The summed E-state index contributed by atoms with van der Waals surface area (Å²) in [7, 11) is 0. The van der Waals surface area contributed by atoms with Crippen LogP contribution in [0.1, 0.15) is 32.1 Å². The third-order valence-corrected chi connectivity index (χ3v) is 2.77. The minimum absolute atomic E-state index is 0.0398. The Hall–Kier alpha value is -1.59. The number of carbonyl (C=O) groups excluding carboxylic acids is 2. The minimum atomic E-state index is -1.13. The molecule has 1 rings (SSSR count). The van der Waals surface area contributed by atoms with Crippen molar-refractivity contribution >= 4 is 17.8 Å². The number of carboxylic acid groups (broad SMARTS) is 1. The molecule has 6 heteroatoms. The Balaban J connectivity index is 2.40. The maximum absolute atomic E-state index is 11.5. The minimum Gasteiger partial charge on any atom is -0.480 e. The number of hydrogen-bond donors (Lipinski definition) is 3. The second-order valence-electron chi connectivity index (χ2n) is 4.03. The van der Waals surface area contributed by atoms with Crippen LogP contribution in [0.15, 0.2) is 0 Å². The average molecular weight is 228 g/mol. The van der Waals surface area contributed by atoms with Crippen molar-refractivity contribution in [2.45, 2.75) is 38.1 Å². The van der Waals surface area contributed by atoms with Crippen molar-refractivity contribution in [1.29, 1.82) is 0 Å². The topological polar surface area (TPSA) is 109 Å². The Labute approximate surface area is 93.2 Å². The van der Waals surface area contributed by atoms with Crippen molar-refractivity contribution in [1.82, 2.24) is 5.32 Å². The van der Waals surface area contributed by atoms with Gasteiger partial charge in [0.1, 0.15) is 6.04 Å². The number of carbonyl (C=O) groups is 3. The molecule has 0 bridgehead atoms. The third-order valence-electron chi connectivity index (χ3n) is 2.77. The Kier molecular flexibility index (Phi) is 4.28. The summed E-state index contributed by atoms with van der Waals surface area (Å²) < 4.78 is 0. The first-order valence-electron chi connectivity index (χ1n) is 5.32. The number of amides is 2. The van der Waals surface area contributed by atoms with Gasteiger partial charge in [-0.2, -0.15) is 0 Å². The first-order valence-corrected chi connectivity index (χ1v) is 5.32. The van der Waals surface area contributed by atoms with E-state index in [2.05, 4.69) is 5.32 Å². The monoisotopic (exact) mass is 228 g/mol. The van der Waals surface area contributed by atoms with E-state index in [1.807, 2.05) is 0 Å². The fourth-order valence-corrected chi connectivity index (χ4v) is 1.50. The van der Waals surface area contributed by atoms with E-state index < -0.39 is 17.9 Å². The van der Waals surface area contributed by atoms with Crippen LogP contribution in [0.2, 0.25) is 0 Å². The number of nitrogens with two attached hydrogens (primary N) is 1. The molecule has 0 spiro atoms. The molecule has 1 atom stereocenters. The molecule has 6 nitrogen and oxygen atoms in total. The first kappa shape index (κ1) is 12.5. The van der Waals surface area contributed by atoms with Gasteiger partial charge in [0, 0.05) is 12.3 Å². The lowest BCUT2D eigenvalue weighted by Crippen LogP contribution is -2.45. The van der Waals surface area contributed by atoms with Crippen molar-refractivity contribution in [2.24, 2.45) is 11.7 Å². The van der Waals surface area contributed by atoms with Crippen LogP contribution in [0.3, 0.4) is 0 Å². The number of carboxylic acids is 1. The fraction of sp³-hybridized carbons (Fsp3) is 0.700. The summed E-state index contributed by atoms with van der Waals surface area (Å²) in [6, 6.07) is -1.01. The van der Waals surface area contributed by atoms with Gasteiger partial charge in [0.05, 0.1) is 0 Å². The van der Waals surface area contributed by atoms with Crippen LogP contribution in [0.5, 0.6) is 0 Å². The molecule has 1 saturated carbocycles. The predicted molar refractivity (Wildman–Crippen MR) is 55.3 cm³/mol. The Morgan fingerprint density at radius 3 is 2.38 bits per heavy atom. The molecule has 2 amide bonds. The highest BCUT2D eigenvalue weighted by molar-refractivity contribution is 5.85. The smallest absolute Gasteiger partial charge is 0.326 e. The number of primary amides is 1. The fourth-order valence-electron chi connectivity index (χ4n) is 1.50. The SMILES string of the molecule is NC(=O)CC[C@@H](NC(=O)C1CCC1)C(=O)O. The van der Waals surface area contributed by atoms with Gasteiger partial charge >= 0.3 is 5.97 Å². The van der Waals surface area contributed by atoms with E-state index in [9.17, 15) is 14.4 Å². The van der Waals surface area contributed by atoms with Crippen molar-refractivity contribution < 1.29 is 19.5 Å².